The van der Waals surface area contributed by atoms with Crippen LogP contribution in [0.3, 0.4) is 0 Å². The molecule has 0 bridgehead atoms. The average Bonchev–Trinajstić information content (AvgIpc) is 2.81. The second-order valence-corrected chi connectivity index (χ2v) is 7.81. The lowest BCUT2D eigenvalue weighted by molar-refractivity contribution is 0.0976. The SMILES string of the molecule is CCCCCCOc1ccc(C(=O)NC(=S)NCc2ccc(OCCC)c(OC)c2)cc1. The van der Waals surface area contributed by atoms with E-state index in [4.69, 9.17) is 26.4 Å². The minimum absolute atomic E-state index is 0.261. The molecule has 0 unspecified atom stereocenters. The Labute approximate surface area is 196 Å². The highest BCUT2D eigenvalue weighted by Crippen LogP contribution is 2.28. The molecular formula is C25H34N2O4S. The molecule has 0 aliphatic rings. The maximum absolute atomic E-state index is 12.4. The zero-order valence-corrected chi connectivity index (χ0v) is 20.1. The number of ether oxygens (including phenoxy) is 3. The smallest absolute Gasteiger partial charge is 0.257 e. The van der Waals surface area contributed by atoms with E-state index in [0.717, 1.165) is 24.2 Å². The lowest BCUT2D eigenvalue weighted by atomic mass is 10.2. The van der Waals surface area contributed by atoms with Gasteiger partial charge in [0.25, 0.3) is 5.91 Å². The highest BCUT2D eigenvalue weighted by Gasteiger charge is 2.09. The number of unbranched alkanes of at least 4 members (excludes halogenated alkanes) is 3. The van der Waals surface area contributed by atoms with Crippen LogP contribution in [0.4, 0.5) is 0 Å². The Morgan fingerprint density at radius 2 is 1.69 bits per heavy atom. The maximum atomic E-state index is 12.4. The predicted octanol–water partition coefficient (Wildman–Crippen LogP) is 5.25. The number of benzene rings is 2. The topological polar surface area (TPSA) is 68.8 Å². The van der Waals surface area contributed by atoms with Crippen LogP contribution in [0.1, 0.15) is 61.9 Å². The number of carbonyl (C=O) groups excluding carboxylic acids is 1. The summed E-state index contributed by atoms with van der Waals surface area (Å²) < 4.78 is 16.8. The zero-order valence-electron chi connectivity index (χ0n) is 19.2. The van der Waals surface area contributed by atoms with Crippen molar-refractivity contribution in [2.45, 2.75) is 52.5 Å². The molecule has 0 atom stereocenters. The Morgan fingerprint density at radius 3 is 2.38 bits per heavy atom. The number of amides is 1. The van der Waals surface area contributed by atoms with E-state index in [0.29, 0.717) is 36.8 Å². The van der Waals surface area contributed by atoms with Gasteiger partial charge in [0.2, 0.25) is 0 Å². The largest absolute Gasteiger partial charge is 0.494 e. The number of nitrogens with one attached hydrogen (secondary N) is 2. The third-order valence-corrected chi connectivity index (χ3v) is 5.00. The Bertz CT molecular complexity index is 856. The van der Waals surface area contributed by atoms with Gasteiger partial charge in [-0.2, -0.15) is 0 Å². The van der Waals surface area contributed by atoms with Crippen LogP contribution < -0.4 is 24.8 Å². The van der Waals surface area contributed by atoms with Crippen LogP contribution in [-0.4, -0.2) is 31.3 Å². The maximum Gasteiger partial charge on any atom is 0.257 e. The lowest BCUT2D eigenvalue weighted by Crippen LogP contribution is -2.38. The highest BCUT2D eigenvalue weighted by molar-refractivity contribution is 7.80. The van der Waals surface area contributed by atoms with Crippen molar-refractivity contribution in [2.24, 2.45) is 0 Å². The van der Waals surface area contributed by atoms with E-state index < -0.39 is 0 Å². The fraction of sp³-hybridized carbons (Fsp3) is 0.440. The van der Waals surface area contributed by atoms with E-state index in [1.165, 1.54) is 19.3 Å². The molecule has 0 saturated heterocycles. The van der Waals surface area contributed by atoms with Gasteiger partial charge in [0.05, 0.1) is 20.3 Å². The van der Waals surface area contributed by atoms with Crippen LogP contribution in [0, 0.1) is 0 Å². The molecule has 6 nitrogen and oxygen atoms in total. The second kappa shape index (κ2) is 14.3. The van der Waals surface area contributed by atoms with Crippen LogP contribution in [0.5, 0.6) is 17.2 Å². The van der Waals surface area contributed by atoms with Crippen LogP contribution in [0.15, 0.2) is 42.5 Å². The van der Waals surface area contributed by atoms with Gasteiger partial charge in [0.1, 0.15) is 5.75 Å². The summed E-state index contributed by atoms with van der Waals surface area (Å²) in [5.41, 5.74) is 1.48. The quantitative estimate of drug-likeness (QED) is 0.316. The van der Waals surface area contributed by atoms with Crippen LogP contribution >= 0.6 is 12.2 Å². The minimum atomic E-state index is -0.266. The van der Waals surface area contributed by atoms with Gasteiger partial charge in [0.15, 0.2) is 16.6 Å². The molecule has 2 aromatic carbocycles. The fourth-order valence-electron chi connectivity index (χ4n) is 2.98. The Morgan fingerprint density at radius 1 is 0.906 bits per heavy atom. The molecular weight excluding hydrogens is 424 g/mol. The average molecular weight is 459 g/mol. The molecule has 0 fully saturated rings. The summed E-state index contributed by atoms with van der Waals surface area (Å²) in [7, 11) is 1.61. The van der Waals surface area contributed by atoms with Gasteiger partial charge in [-0.1, -0.05) is 39.2 Å². The molecule has 0 spiro atoms. The number of hydrogen-bond acceptors (Lipinski definition) is 5. The van der Waals surface area contributed by atoms with Gasteiger partial charge in [-0.25, -0.2) is 0 Å². The molecule has 0 radical (unpaired) electrons. The van der Waals surface area contributed by atoms with Crippen LogP contribution in [0.2, 0.25) is 0 Å². The van der Waals surface area contributed by atoms with Gasteiger partial charge in [-0.3, -0.25) is 10.1 Å². The van der Waals surface area contributed by atoms with Gasteiger partial charge >= 0.3 is 0 Å². The molecule has 32 heavy (non-hydrogen) atoms. The molecule has 174 valence electrons. The predicted molar refractivity (Wildman–Crippen MR) is 132 cm³/mol. The number of hydrogen-bond donors (Lipinski definition) is 2. The Hall–Kier alpha value is -2.80. The van der Waals surface area contributed by atoms with Gasteiger partial charge in [-0.05, 0) is 67.0 Å². The van der Waals surface area contributed by atoms with Crippen LogP contribution in [-0.2, 0) is 6.54 Å². The summed E-state index contributed by atoms with van der Waals surface area (Å²) >= 11 is 5.27. The van der Waals surface area contributed by atoms with Crippen molar-refractivity contribution >= 4 is 23.2 Å². The van der Waals surface area contributed by atoms with Crippen molar-refractivity contribution < 1.29 is 19.0 Å². The molecule has 0 aliphatic carbocycles. The summed E-state index contributed by atoms with van der Waals surface area (Å²) in [5.74, 6) is 1.87. The first-order chi connectivity index (χ1) is 15.6. The molecule has 0 heterocycles. The van der Waals surface area contributed by atoms with Crippen LogP contribution in [0.25, 0.3) is 0 Å². The molecule has 7 heteroatoms. The van der Waals surface area contributed by atoms with Crippen molar-refractivity contribution in [3.8, 4) is 17.2 Å². The normalized spacial score (nSPS) is 10.3. The standard InChI is InChI=1S/C25H34N2O4S/c1-4-6-7-8-16-30-21-12-10-20(11-13-21)24(28)27-25(32)26-18-19-9-14-22(31-15-5-2)23(17-19)29-3/h9-14,17H,4-8,15-16,18H2,1-3H3,(H2,26,27,28,32). The third-order valence-electron chi connectivity index (χ3n) is 4.75. The molecule has 0 aromatic heterocycles. The van der Waals surface area contributed by atoms with E-state index in [1.807, 2.05) is 18.2 Å². The highest BCUT2D eigenvalue weighted by atomic mass is 32.1. The number of methoxy groups -OCH3 is 1. The summed E-state index contributed by atoms with van der Waals surface area (Å²) in [5, 5.41) is 6.01. The van der Waals surface area contributed by atoms with Crippen molar-refractivity contribution in [1.29, 1.82) is 0 Å². The fourth-order valence-corrected chi connectivity index (χ4v) is 3.14. The van der Waals surface area contributed by atoms with Gasteiger partial charge < -0.3 is 19.5 Å². The Kier molecular flexibility index (Phi) is 11.4. The summed E-state index contributed by atoms with van der Waals surface area (Å²) in [6.07, 6.45) is 5.56. The van der Waals surface area contributed by atoms with Crippen molar-refractivity contribution in [1.82, 2.24) is 10.6 Å². The van der Waals surface area contributed by atoms with Crippen molar-refractivity contribution in [2.75, 3.05) is 20.3 Å². The number of thiocarbonyl (C=S) groups is 1. The van der Waals surface area contributed by atoms with E-state index in [9.17, 15) is 4.79 Å². The molecule has 2 aromatic rings. The van der Waals surface area contributed by atoms with E-state index in [-0.39, 0.29) is 11.0 Å². The molecule has 2 N–H and O–H groups in total. The molecule has 2 rings (SSSR count). The molecule has 0 saturated carbocycles. The first-order valence-corrected chi connectivity index (χ1v) is 11.6. The van der Waals surface area contributed by atoms with Gasteiger partial charge in [-0.15, -0.1) is 0 Å². The van der Waals surface area contributed by atoms with E-state index in [2.05, 4.69) is 24.5 Å². The van der Waals surface area contributed by atoms with Gasteiger partial charge in [0, 0.05) is 12.1 Å². The first kappa shape index (κ1) is 25.5. The summed E-state index contributed by atoms with van der Waals surface area (Å²) in [6.45, 7) is 6.02. The van der Waals surface area contributed by atoms with Crippen molar-refractivity contribution in [3.63, 3.8) is 0 Å². The molecule has 0 aliphatic heterocycles. The second-order valence-electron chi connectivity index (χ2n) is 7.40. The van der Waals surface area contributed by atoms with Crippen molar-refractivity contribution in [3.05, 3.63) is 53.6 Å². The summed E-state index contributed by atoms with van der Waals surface area (Å²) in [4.78, 5) is 12.4. The zero-order chi connectivity index (χ0) is 23.2. The number of carbonyl (C=O) groups is 1. The first-order valence-electron chi connectivity index (χ1n) is 11.2. The third kappa shape index (κ3) is 8.75. The summed E-state index contributed by atoms with van der Waals surface area (Å²) in [6, 6.07) is 12.8. The monoisotopic (exact) mass is 458 g/mol. The van der Waals surface area contributed by atoms with E-state index >= 15 is 0 Å². The Balaban J connectivity index is 1.79. The number of rotatable bonds is 13. The minimum Gasteiger partial charge on any atom is -0.494 e. The molecule has 1 amide bonds. The lowest BCUT2D eigenvalue weighted by Gasteiger charge is -2.13. The van der Waals surface area contributed by atoms with E-state index in [1.54, 1.807) is 31.4 Å².